The second kappa shape index (κ2) is 10.9. The molecule has 182 valence electrons. The van der Waals surface area contributed by atoms with Crippen LogP contribution in [0, 0.1) is 0 Å². The Bertz CT molecular complexity index is 1520. The first-order valence-electron chi connectivity index (χ1n) is 12.4. The SMILES string of the molecule is CCOc1ccc(-n2c(-c3ccccc3)cc(C=Nc3ccc(C(C)=O)cc3)c2-c2ccccc2)cc1. The minimum absolute atomic E-state index is 0.0434. The summed E-state index contributed by atoms with van der Waals surface area (Å²) in [6, 6.07) is 38.5. The summed E-state index contributed by atoms with van der Waals surface area (Å²) in [6.45, 7) is 4.18. The number of carbonyl (C=O) groups excluding carboxylic acids is 1. The summed E-state index contributed by atoms with van der Waals surface area (Å²) >= 11 is 0. The van der Waals surface area contributed by atoms with Crippen LogP contribution in [0.5, 0.6) is 5.75 Å². The number of aromatic nitrogens is 1. The number of ketones is 1. The van der Waals surface area contributed by atoms with Crippen LogP contribution in [0.2, 0.25) is 0 Å². The van der Waals surface area contributed by atoms with E-state index in [1.54, 1.807) is 6.92 Å². The minimum atomic E-state index is 0.0434. The van der Waals surface area contributed by atoms with Gasteiger partial charge < -0.3 is 9.30 Å². The lowest BCUT2D eigenvalue weighted by Crippen LogP contribution is -2.01. The highest BCUT2D eigenvalue weighted by Crippen LogP contribution is 2.36. The van der Waals surface area contributed by atoms with Gasteiger partial charge in [0.25, 0.3) is 0 Å². The third-order valence-corrected chi connectivity index (χ3v) is 6.18. The molecule has 4 aromatic carbocycles. The fourth-order valence-electron chi connectivity index (χ4n) is 4.39. The third kappa shape index (κ3) is 5.29. The van der Waals surface area contributed by atoms with Gasteiger partial charge in [0.1, 0.15) is 5.75 Å². The standard InChI is InChI=1S/C33H28N2O2/c1-3-37-31-20-18-30(19-21-31)35-32(26-10-6-4-7-11-26)22-28(33(35)27-12-8-5-9-13-27)23-34-29-16-14-25(15-17-29)24(2)36/h4-23H,3H2,1-2H3. The van der Waals surface area contributed by atoms with E-state index in [0.29, 0.717) is 12.2 Å². The van der Waals surface area contributed by atoms with Crippen molar-refractivity contribution in [1.82, 2.24) is 4.57 Å². The van der Waals surface area contributed by atoms with E-state index in [4.69, 9.17) is 9.73 Å². The van der Waals surface area contributed by atoms with Gasteiger partial charge in [-0.1, -0.05) is 60.7 Å². The number of ether oxygens (including phenoxy) is 1. The Morgan fingerprint density at radius 3 is 2.03 bits per heavy atom. The molecule has 0 aliphatic heterocycles. The molecule has 37 heavy (non-hydrogen) atoms. The number of Topliss-reactive ketones (excluding diaryl/α,β-unsaturated/α-hetero) is 1. The number of hydrogen-bond donors (Lipinski definition) is 0. The van der Waals surface area contributed by atoms with Crippen LogP contribution < -0.4 is 4.74 Å². The Morgan fingerprint density at radius 1 is 0.811 bits per heavy atom. The highest BCUT2D eigenvalue weighted by atomic mass is 16.5. The van der Waals surface area contributed by atoms with Gasteiger partial charge in [0, 0.05) is 23.0 Å². The zero-order valence-electron chi connectivity index (χ0n) is 21.0. The number of rotatable bonds is 8. The summed E-state index contributed by atoms with van der Waals surface area (Å²) in [4.78, 5) is 16.4. The molecule has 5 aromatic rings. The Hall–Kier alpha value is -4.70. The minimum Gasteiger partial charge on any atom is -0.494 e. The molecular formula is C33H28N2O2. The maximum absolute atomic E-state index is 11.7. The molecule has 0 aliphatic rings. The van der Waals surface area contributed by atoms with E-state index in [0.717, 1.165) is 45.2 Å². The van der Waals surface area contributed by atoms with E-state index >= 15 is 0 Å². The van der Waals surface area contributed by atoms with Crippen molar-refractivity contribution < 1.29 is 9.53 Å². The molecule has 0 saturated carbocycles. The van der Waals surface area contributed by atoms with Crippen LogP contribution in [0.25, 0.3) is 28.2 Å². The van der Waals surface area contributed by atoms with Crippen LogP contribution >= 0.6 is 0 Å². The topological polar surface area (TPSA) is 43.6 Å². The Kier molecular flexibility index (Phi) is 7.09. The van der Waals surface area contributed by atoms with Gasteiger partial charge in [0.05, 0.1) is 23.7 Å². The highest BCUT2D eigenvalue weighted by Gasteiger charge is 2.18. The average Bonchev–Trinajstić information content (AvgIpc) is 3.33. The van der Waals surface area contributed by atoms with E-state index in [1.165, 1.54) is 0 Å². The van der Waals surface area contributed by atoms with Crippen LogP contribution in [0.15, 0.2) is 120 Å². The van der Waals surface area contributed by atoms with Gasteiger partial charge in [-0.3, -0.25) is 9.79 Å². The summed E-state index contributed by atoms with van der Waals surface area (Å²) in [6.07, 6.45) is 1.91. The van der Waals surface area contributed by atoms with E-state index in [2.05, 4.69) is 71.3 Å². The molecule has 0 amide bonds. The monoisotopic (exact) mass is 484 g/mol. The van der Waals surface area contributed by atoms with Crippen LogP contribution in [0.4, 0.5) is 5.69 Å². The molecule has 0 radical (unpaired) electrons. The zero-order chi connectivity index (χ0) is 25.6. The predicted molar refractivity (Wildman–Crippen MR) is 152 cm³/mol. The second-order valence-corrected chi connectivity index (χ2v) is 8.69. The van der Waals surface area contributed by atoms with Crippen molar-refractivity contribution in [1.29, 1.82) is 0 Å². The second-order valence-electron chi connectivity index (χ2n) is 8.69. The van der Waals surface area contributed by atoms with Crippen molar-refractivity contribution >= 4 is 17.7 Å². The predicted octanol–water partition coefficient (Wildman–Crippen LogP) is 8.16. The molecule has 0 bridgehead atoms. The molecule has 0 spiro atoms. The Labute approximate surface area is 217 Å². The van der Waals surface area contributed by atoms with Crippen LogP contribution in [-0.2, 0) is 0 Å². The van der Waals surface area contributed by atoms with Gasteiger partial charge >= 0.3 is 0 Å². The first-order valence-corrected chi connectivity index (χ1v) is 12.4. The highest BCUT2D eigenvalue weighted by molar-refractivity contribution is 5.96. The average molecular weight is 485 g/mol. The lowest BCUT2D eigenvalue weighted by Gasteiger charge is -2.15. The third-order valence-electron chi connectivity index (χ3n) is 6.18. The van der Waals surface area contributed by atoms with Crippen molar-refractivity contribution in [3.63, 3.8) is 0 Å². The quantitative estimate of drug-likeness (QED) is 0.165. The molecule has 4 heteroatoms. The molecule has 5 rings (SSSR count). The van der Waals surface area contributed by atoms with Crippen molar-refractivity contribution in [3.05, 3.63) is 126 Å². The Morgan fingerprint density at radius 2 is 1.43 bits per heavy atom. The van der Waals surface area contributed by atoms with E-state index in [1.807, 2.05) is 61.7 Å². The van der Waals surface area contributed by atoms with Crippen molar-refractivity contribution in [2.75, 3.05) is 6.61 Å². The van der Waals surface area contributed by atoms with Gasteiger partial charge in [-0.15, -0.1) is 0 Å². The maximum atomic E-state index is 11.7. The largest absolute Gasteiger partial charge is 0.494 e. The zero-order valence-corrected chi connectivity index (χ0v) is 21.0. The van der Waals surface area contributed by atoms with E-state index in [9.17, 15) is 4.79 Å². The fourth-order valence-corrected chi connectivity index (χ4v) is 4.39. The van der Waals surface area contributed by atoms with Crippen molar-refractivity contribution in [2.45, 2.75) is 13.8 Å². The summed E-state index contributed by atoms with van der Waals surface area (Å²) in [5.74, 6) is 0.888. The maximum Gasteiger partial charge on any atom is 0.159 e. The first-order chi connectivity index (χ1) is 18.1. The number of aliphatic imine (C=N–C) groups is 1. The molecule has 0 atom stereocenters. The van der Waals surface area contributed by atoms with Crippen LogP contribution in [-0.4, -0.2) is 23.2 Å². The van der Waals surface area contributed by atoms with Gasteiger partial charge in [-0.25, -0.2) is 0 Å². The summed E-state index contributed by atoms with van der Waals surface area (Å²) < 4.78 is 7.97. The van der Waals surface area contributed by atoms with Crippen molar-refractivity contribution in [2.24, 2.45) is 4.99 Å². The normalized spacial score (nSPS) is 11.1. The summed E-state index contributed by atoms with van der Waals surface area (Å²) in [7, 11) is 0. The smallest absolute Gasteiger partial charge is 0.159 e. The lowest BCUT2D eigenvalue weighted by molar-refractivity contribution is 0.101. The van der Waals surface area contributed by atoms with E-state index in [-0.39, 0.29) is 5.78 Å². The lowest BCUT2D eigenvalue weighted by atomic mass is 10.1. The Balaban J connectivity index is 1.69. The fraction of sp³-hybridized carbons (Fsp3) is 0.0909. The molecule has 0 saturated heterocycles. The van der Waals surface area contributed by atoms with Gasteiger partial charge in [0.15, 0.2) is 5.78 Å². The molecule has 1 heterocycles. The molecule has 0 aliphatic carbocycles. The van der Waals surface area contributed by atoms with Gasteiger partial charge in [-0.2, -0.15) is 0 Å². The number of carbonyl (C=O) groups is 1. The van der Waals surface area contributed by atoms with Crippen molar-refractivity contribution in [3.8, 4) is 34.0 Å². The number of hydrogen-bond acceptors (Lipinski definition) is 3. The molecule has 0 unspecified atom stereocenters. The van der Waals surface area contributed by atoms with Crippen LogP contribution in [0.3, 0.4) is 0 Å². The van der Waals surface area contributed by atoms with Crippen LogP contribution in [0.1, 0.15) is 29.8 Å². The number of nitrogens with zero attached hydrogens (tertiary/aromatic N) is 2. The summed E-state index contributed by atoms with van der Waals surface area (Å²) in [5, 5.41) is 0. The molecule has 1 aromatic heterocycles. The molecule has 0 fully saturated rings. The van der Waals surface area contributed by atoms with Gasteiger partial charge in [-0.05, 0) is 79.6 Å². The molecular weight excluding hydrogens is 456 g/mol. The molecule has 4 nitrogen and oxygen atoms in total. The number of benzene rings is 4. The summed E-state index contributed by atoms with van der Waals surface area (Å²) in [5.41, 5.74) is 7.81. The van der Waals surface area contributed by atoms with Gasteiger partial charge in [0.2, 0.25) is 0 Å². The molecule has 0 N–H and O–H groups in total. The van der Waals surface area contributed by atoms with E-state index < -0.39 is 0 Å². The first kappa shape index (κ1) is 24.0.